The number of guanidine groups is 1. The van der Waals surface area contributed by atoms with E-state index in [9.17, 15) is 18.0 Å². The Morgan fingerprint density at radius 2 is 1.45 bits per heavy atom. The van der Waals surface area contributed by atoms with Crippen LogP contribution in [0.1, 0.15) is 11.1 Å². The van der Waals surface area contributed by atoms with E-state index < -0.39 is 12.8 Å². The molecule has 0 unspecified atom stereocenters. The Hall–Kier alpha value is -3.43. The van der Waals surface area contributed by atoms with Gasteiger partial charge in [-0.25, -0.2) is 0 Å². The summed E-state index contributed by atoms with van der Waals surface area (Å²) in [5, 5.41) is 8.73. The Morgan fingerprint density at radius 1 is 0.903 bits per heavy atom. The van der Waals surface area contributed by atoms with Crippen molar-refractivity contribution in [3.05, 3.63) is 59.7 Å². The number of methoxy groups -OCH3 is 1. The molecule has 2 rings (SSSR count). The number of benzene rings is 2. The highest BCUT2D eigenvalue weighted by atomic mass is 19.4. The number of amides is 1. The largest absolute Gasteiger partial charge is 0.497 e. The van der Waals surface area contributed by atoms with Crippen LogP contribution >= 0.6 is 0 Å². The number of alkyl halides is 3. The summed E-state index contributed by atoms with van der Waals surface area (Å²) in [5.41, 5.74) is 1.76. The molecule has 0 fully saturated rings. The molecule has 0 heterocycles. The summed E-state index contributed by atoms with van der Waals surface area (Å²) < 4.78 is 46.3. The summed E-state index contributed by atoms with van der Waals surface area (Å²) in [7, 11) is 3.16. The van der Waals surface area contributed by atoms with E-state index >= 15 is 0 Å². The van der Waals surface area contributed by atoms with E-state index in [4.69, 9.17) is 4.74 Å². The minimum atomic E-state index is -4.38. The fourth-order valence-corrected chi connectivity index (χ4v) is 2.45. The van der Waals surface area contributed by atoms with Gasteiger partial charge in [0.2, 0.25) is 5.91 Å². The Morgan fingerprint density at radius 3 is 1.97 bits per heavy atom. The summed E-state index contributed by atoms with van der Waals surface area (Å²) in [6, 6.07) is 13.6. The van der Waals surface area contributed by atoms with Crippen LogP contribution in [0.2, 0.25) is 0 Å². The van der Waals surface area contributed by atoms with Gasteiger partial charge in [-0.05, 0) is 35.4 Å². The van der Waals surface area contributed by atoms with Gasteiger partial charge in [0.15, 0.2) is 12.6 Å². The van der Waals surface area contributed by atoms with Gasteiger partial charge in [-0.15, -0.1) is 0 Å². The van der Waals surface area contributed by atoms with Crippen molar-refractivity contribution in [3.8, 4) is 11.5 Å². The van der Waals surface area contributed by atoms with Crippen molar-refractivity contribution in [2.45, 2.75) is 19.3 Å². The van der Waals surface area contributed by atoms with E-state index in [-0.39, 0.29) is 18.2 Å². The third-order valence-electron chi connectivity index (χ3n) is 4.07. The van der Waals surface area contributed by atoms with E-state index in [1.165, 1.54) is 12.1 Å². The summed E-state index contributed by atoms with van der Waals surface area (Å²) in [4.78, 5) is 16.1. The first-order valence-corrected chi connectivity index (χ1v) is 9.41. The topological polar surface area (TPSA) is 84.0 Å². The van der Waals surface area contributed by atoms with Crippen LogP contribution in [0.4, 0.5) is 13.2 Å². The van der Waals surface area contributed by atoms with Crippen molar-refractivity contribution in [3.63, 3.8) is 0 Å². The van der Waals surface area contributed by atoms with E-state index in [0.29, 0.717) is 19.0 Å². The normalized spacial score (nSPS) is 11.6. The second kappa shape index (κ2) is 11.7. The number of rotatable bonds is 9. The number of hydrogen-bond donors (Lipinski definition) is 3. The highest BCUT2D eigenvalue weighted by Crippen LogP contribution is 2.18. The molecular weight excluding hydrogens is 413 g/mol. The molecule has 168 valence electrons. The molecule has 7 nitrogen and oxygen atoms in total. The molecule has 0 radical (unpaired) electrons. The molecule has 0 bridgehead atoms. The van der Waals surface area contributed by atoms with Crippen LogP contribution in [0.3, 0.4) is 0 Å². The Bertz CT molecular complexity index is 854. The number of hydrogen-bond acceptors (Lipinski definition) is 4. The lowest BCUT2D eigenvalue weighted by Crippen LogP contribution is -2.42. The third-order valence-corrected chi connectivity index (χ3v) is 4.07. The lowest BCUT2D eigenvalue weighted by molar-refractivity contribution is -0.153. The van der Waals surface area contributed by atoms with Crippen LogP contribution in [0, 0.1) is 0 Å². The van der Waals surface area contributed by atoms with Gasteiger partial charge in [0.25, 0.3) is 0 Å². The van der Waals surface area contributed by atoms with Gasteiger partial charge in [0.1, 0.15) is 11.5 Å². The first-order chi connectivity index (χ1) is 14.8. The monoisotopic (exact) mass is 438 g/mol. The molecule has 0 aliphatic heterocycles. The Kier molecular flexibility index (Phi) is 8.98. The van der Waals surface area contributed by atoms with Crippen molar-refractivity contribution < 1.29 is 27.4 Å². The minimum Gasteiger partial charge on any atom is -0.497 e. The number of carbonyl (C=O) groups excluding carboxylic acids is 1. The molecule has 0 atom stereocenters. The highest BCUT2D eigenvalue weighted by molar-refractivity contribution is 5.86. The Balaban J connectivity index is 1.71. The molecule has 0 saturated heterocycles. The van der Waals surface area contributed by atoms with Gasteiger partial charge in [-0.2, -0.15) is 13.2 Å². The SMILES string of the molecule is CN=C(NCC(=O)NCc1ccc(OC)cc1)NCc1ccc(OCC(F)(F)F)cc1. The number of carbonyl (C=O) groups is 1. The number of halogens is 3. The first kappa shape index (κ1) is 23.8. The van der Waals surface area contributed by atoms with Gasteiger partial charge in [0, 0.05) is 20.1 Å². The minimum absolute atomic E-state index is 0.0278. The molecule has 31 heavy (non-hydrogen) atoms. The predicted octanol–water partition coefficient (Wildman–Crippen LogP) is 2.62. The van der Waals surface area contributed by atoms with Crippen molar-refractivity contribution in [2.24, 2.45) is 4.99 Å². The van der Waals surface area contributed by atoms with E-state index in [1.54, 1.807) is 26.3 Å². The molecule has 0 aliphatic carbocycles. The van der Waals surface area contributed by atoms with Crippen LogP contribution in [-0.2, 0) is 17.9 Å². The van der Waals surface area contributed by atoms with Crippen LogP contribution in [0.15, 0.2) is 53.5 Å². The lowest BCUT2D eigenvalue weighted by Gasteiger charge is -2.13. The zero-order valence-corrected chi connectivity index (χ0v) is 17.3. The molecule has 3 N–H and O–H groups in total. The van der Waals surface area contributed by atoms with Crippen molar-refractivity contribution in [1.82, 2.24) is 16.0 Å². The van der Waals surface area contributed by atoms with Crippen LogP contribution in [0.5, 0.6) is 11.5 Å². The quantitative estimate of drug-likeness (QED) is 0.414. The molecule has 2 aromatic carbocycles. The number of nitrogens with zero attached hydrogens (tertiary/aromatic N) is 1. The summed E-state index contributed by atoms with van der Waals surface area (Å²) in [6.45, 7) is -0.548. The molecule has 0 spiro atoms. The van der Waals surface area contributed by atoms with Gasteiger partial charge in [-0.1, -0.05) is 24.3 Å². The van der Waals surface area contributed by atoms with Gasteiger partial charge in [0.05, 0.1) is 13.7 Å². The van der Waals surface area contributed by atoms with Gasteiger partial charge < -0.3 is 25.4 Å². The molecule has 2 aromatic rings. The zero-order chi connectivity index (χ0) is 22.7. The molecule has 10 heteroatoms. The molecule has 0 saturated carbocycles. The number of ether oxygens (including phenoxy) is 2. The van der Waals surface area contributed by atoms with Crippen LogP contribution in [-0.4, -0.2) is 45.4 Å². The fourth-order valence-electron chi connectivity index (χ4n) is 2.45. The predicted molar refractivity (Wildman–Crippen MR) is 111 cm³/mol. The maximum Gasteiger partial charge on any atom is 0.422 e. The van der Waals surface area contributed by atoms with E-state index in [0.717, 1.165) is 16.9 Å². The number of aliphatic imine (C=N–C) groups is 1. The van der Waals surface area contributed by atoms with Crippen LogP contribution in [0.25, 0.3) is 0 Å². The average molecular weight is 438 g/mol. The molecular formula is C21H25F3N4O3. The Labute approximate surface area is 178 Å². The van der Waals surface area contributed by atoms with Gasteiger partial charge in [-0.3, -0.25) is 9.79 Å². The first-order valence-electron chi connectivity index (χ1n) is 9.41. The second-order valence-corrected chi connectivity index (χ2v) is 6.45. The smallest absolute Gasteiger partial charge is 0.422 e. The maximum absolute atomic E-state index is 12.2. The standard InChI is InChI=1S/C21H25F3N4O3/c1-25-20(27-12-16-5-9-18(10-6-16)31-14-21(22,23)24)28-13-19(29)26-11-15-3-7-17(30-2)8-4-15/h3-10H,11-14H2,1-2H3,(H,26,29)(H2,25,27,28). The summed E-state index contributed by atoms with van der Waals surface area (Å²) >= 11 is 0. The molecule has 0 aromatic heterocycles. The lowest BCUT2D eigenvalue weighted by atomic mass is 10.2. The molecule has 1 amide bonds. The maximum atomic E-state index is 12.2. The van der Waals surface area contributed by atoms with Crippen molar-refractivity contribution in [2.75, 3.05) is 27.3 Å². The molecule has 0 aliphatic rings. The number of nitrogens with one attached hydrogen (secondary N) is 3. The summed E-state index contributed by atoms with van der Waals surface area (Å²) in [5.74, 6) is 1.09. The zero-order valence-electron chi connectivity index (χ0n) is 17.3. The summed E-state index contributed by atoms with van der Waals surface area (Å²) in [6.07, 6.45) is -4.38. The van der Waals surface area contributed by atoms with Gasteiger partial charge >= 0.3 is 6.18 Å². The highest BCUT2D eigenvalue weighted by Gasteiger charge is 2.28. The van der Waals surface area contributed by atoms with E-state index in [2.05, 4.69) is 25.7 Å². The third kappa shape index (κ3) is 9.28. The van der Waals surface area contributed by atoms with Crippen LogP contribution < -0.4 is 25.4 Å². The van der Waals surface area contributed by atoms with E-state index in [1.807, 2.05) is 24.3 Å². The average Bonchev–Trinajstić information content (AvgIpc) is 2.77. The fraction of sp³-hybridized carbons (Fsp3) is 0.333. The van der Waals surface area contributed by atoms with Crippen molar-refractivity contribution in [1.29, 1.82) is 0 Å². The van der Waals surface area contributed by atoms with Crippen molar-refractivity contribution >= 4 is 11.9 Å². The second-order valence-electron chi connectivity index (χ2n) is 6.45.